The van der Waals surface area contributed by atoms with E-state index in [-0.39, 0.29) is 0 Å². The smallest absolute Gasteiger partial charge is 0.0162 e. The van der Waals surface area contributed by atoms with Crippen LogP contribution in [0, 0.1) is 5.41 Å². The molecule has 1 aromatic carbocycles. The van der Waals surface area contributed by atoms with Gasteiger partial charge in [0, 0.05) is 0 Å². The van der Waals surface area contributed by atoms with Crippen LogP contribution in [0.15, 0.2) is 24.3 Å². The van der Waals surface area contributed by atoms with E-state index in [1.807, 2.05) is 0 Å². The van der Waals surface area contributed by atoms with Crippen molar-refractivity contribution in [3.05, 3.63) is 35.4 Å². The first-order valence-corrected chi connectivity index (χ1v) is 8.05. The summed E-state index contributed by atoms with van der Waals surface area (Å²) in [5.74, 6) is 1.50. The average molecular weight is 258 g/mol. The van der Waals surface area contributed by atoms with Crippen molar-refractivity contribution in [1.29, 1.82) is 0 Å². The fourth-order valence-corrected chi connectivity index (χ4v) is 3.57. The minimum atomic E-state index is 0.418. The van der Waals surface area contributed by atoms with Gasteiger partial charge >= 0.3 is 0 Å². The molecule has 0 heteroatoms. The Balaban J connectivity index is 2.01. The van der Waals surface area contributed by atoms with Crippen LogP contribution in [0.1, 0.15) is 89.2 Å². The largest absolute Gasteiger partial charge is 0.0602 e. The molecule has 0 spiro atoms. The second-order valence-corrected chi connectivity index (χ2v) is 7.67. The standard InChI is InChI=1S/C19H30/c1-15(14-19(2,3)4)16-10-12-18(13-11-16)17-8-6-5-7-9-17/h10-13,15,17H,5-9,14H2,1-4H3. The maximum atomic E-state index is 2.39. The van der Waals surface area contributed by atoms with Gasteiger partial charge < -0.3 is 0 Å². The van der Waals surface area contributed by atoms with E-state index in [1.54, 1.807) is 5.56 Å². The molecule has 1 unspecified atom stereocenters. The van der Waals surface area contributed by atoms with Crippen molar-refractivity contribution in [3.8, 4) is 0 Å². The molecule has 2 rings (SSSR count). The highest BCUT2D eigenvalue weighted by atomic mass is 14.2. The number of benzene rings is 1. The monoisotopic (exact) mass is 258 g/mol. The maximum absolute atomic E-state index is 2.39. The topological polar surface area (TPSA) is 0 Å². The Morgan fingerprint density at radius 2 is 1.58 bits per heavy atom. The molecule has 0 aromatic heterocycles. The summed E-state index contributed by atoms with van der Waals surface area (Å²) in [4.78, 5) is 0. The quantitative estimate of drug-likeness (QED) is 0.599. The first kappa shape index (κ1) is 14.6. The second-order valence-electron chi connectivity index (χ2n) is 7.67. The molecule has 1 aliphatic rings. The molecule has 1 atom stereocenters. The summed E-state index contributed by atoms with van der Waals surface area (Å²) in [6.45, 7) is 9.36. The zero-order valence-corrected chi connectivity index (χ0v) is 13.2. The molecule has 0 radical (unpaired) electrons. The van der Waals surface area contributed by atoms with E-state index in [9.17, 15) is 0 Å². The summed E-state index contributed by atoms with van der Waals surface area (Å²) in [5, 5.41) is 0. The van der Waals surface area contributed by atoms with E-state index >= 15 is 0 Å². The van der Waals surface area contributed by atoms with Gasteiger partial charge in [0.15, 0.2) is 0 Å². The van der Waals surface area contributed by atoms with Gasteiger partial charge in [0.05, 0.1) is 0 Å². The van der Waals surface area contributed by atoms with Crippen LogP contribution >= 0.6 is 0 Å². The average Bonchev–Trinajstić information content (AvgIpc) is 2.38. The molecule has 1 saturated carbocycles. The molecule has 0 heterocycles. The summed E-state index contributed by atoms with van der Waals surface area (Å²) in [6.07, 6.45) is 8.35. The first-order chi connectivity index (χ1) is 8.96. The van der Waals surface area contributed by atoms with Gasteiger partial charge in [0.25, 0.3) is 0 Å². The fourth-order valence-electron chi connectivity index (χ4n) is 3.57. The number of hydrogen-bond acceptors (Lipinski definition) is 0. The normalized spacial score (nSPS) is 19.4. The zero-order chi connectivity index (χ0) is 13.9. The zero-order valence-electron chi connectivity index (χ0n) is 13.2. The molecule has 0 saturated heterocycles. The van der Waals surface area contributed by atoms with Crippen LogP contribution in [0.5, 0.6) is 0 Å². The molecule has 106 valence electrons. The summed E-state index contributed by atoms with van der Waals surface area (Å²) in [7, 11) is 0. The van der Waals surface area contributed by atoms with Crippen LogP contribution in [0.2, 0.25) is 0 Å². The Kier molecular flexibility index (Phi) is 4.71. The van der Waals surface area contributed by atoms with Crippen molar-refractivity contribution < 1.29 is 0 Å². The van der Waals surface area contributed by atoms with Crippen LogP contribution in [-0.4, -0.2) is 0 Å². The van der Waals surface area contributed by atoms with Gasteiger partial charge in [-0.2, -0.15) is 0 Å². The minimum Gasteiger partial charge on any atom is -0.0602 e. The summed E-state index contributed by atoms with van der Waals surface area (Å²) < 4.78 is 0. The SMILES string of the molecule is CC(CC(C)(C)C)c1ccc(C2CCCCC2)cc1. The Morgan fingerprint density at radius 3 is 2.11 bits per heavy atom. The fraction of sp³-hybridized carbons (Fsp3) is 0.684. The molecule has 0 N–H and O–H groups in total. The van der Waals surface area contributed by atoms with Crippen LogP contribution < -0.4 is 0 Å². The van der Waals surface area contributed by atoms with Gasteiger partial charge in [-0.25, -0.2) is 0 Å². The van der Waals surface area contributed by atoms with Crippen LogP contribution in [0.25, 0.3) is 0 Å². The van der Waals surface area contributed by atoms with E-state index in [1.165, 1.54) is 44.1 Å². The molecule has 0 bridgehead atoms. The third kappa shape index (κ3) is 4.37. The molecule has 19 heavy (non-hydrogen) atoms. The van der Waals surface area contributed by atoms with E-state index in [0.29, 0.717) is 11.3 Å². The highest BCUT2D eigenvalue weighted by Crippen LogP contribution is 2.35. The lowest BCUT2D eigenvalue weighted by Crippen LogP contribution is -2.10. The van der Waals surface area contributed by atoms with Crippen molar-refractivity contribution in [3.63, 3.8) is 0 Å². The first-order valence-electron chi connectivity index (χ1n) is 8.05. The Bertz CT molecular complexity index is 373. The molecule has 1 fully saturated rings. The third-order valence-electron chi connectivity index (χ3n) is 4.50. The van der Waals surface area contributed by atoms with Crippen molar-refractivity contribution in [2.75, 3.05) is 0 Å². The highest BCUT2D eigenvalue weighted by molar-refractivity contribution is 5.27. The van der Waals surface area contributed by atoms with Crippen molar-refractivity contribution in [1.82, 2.24) is 0 Å². The number of rotatable bonds is 3. The summed E-state index contributed by atoms with van der Waals surface area (Å²) in [5.41, 5.74) is 3.50. The summed E-state index contributed by atoms with van der Waals surface area (Å²) in [6, 6.07) is 9.54. The Labute approximate surface area is 119 Å². The van der Waals surface area contributed by atoms with Gasteiger partial charge in [-0.1, -0.05) is 71.2 Å². The Hall–Kier alpha value is -0.780. The lowest BCUT2D eigenvalue weighted by Gasteiger charge is -2.25. The highest BCUT2D eigenvalue weighted by Gasteiger charge is 2.18. The molecule has 0 amide bonds. The summed E-state index contributed by atoms with van der Waals surface area (Å²) >= 11 is 0. The van der Waals surface area contributed by atoms with Crippen LogP contribution in [0.4, 0.5) is 0 Å². The van der Waals surface area contributed by atoms with E-state index in [0.717, 1.165) is 5.92 Å². The third-order valence-corrected chi connectivity index (χ3v) is 4.50. The van der Waals surface area contributed by atoms with Gasteiger partial charge in [-0.3, -0.25) is 0 Å². The molecular weight excluding hydrogens is 228 g/mol. The Morgan fingerprint density at radius 1 is 1.00 bits per heavy atom. The molecule has 1 aromatic rings. The predicted octanol–water partition coefficient (Wildman–Crippen LogP) is 6.27. The van der Waals surface area contributed by atoms with Gasteiger partial charge in [0.2, 0.25) is 0 Å². The van der Waals surface area contributed by atoms with Crippen molar-refractivity contribution in [2.45, 2.75) is 78.1 Å². The van der Waals surface area contributed by atoms with Gasteiger partial charge in [-0.15, -0.1) is 0 Å². The molecule has 0 nitrogen and oxygen atoms in total. The molecule has 0 aliphatic heterocycles. The lowest BCUT2D eigenvalue weighted by atomic mass is 9.80. The predicted molar refractivity (Wildman–Crippen MR) is 84.8 cm³/mol. The van der Waals surface area contributed by atoms with E-state index < -0.39 is 0 Å². The van der Waals surface area contributed by atoms with Gasteiger partial charge in [0.1, 0.15) is 0 Å². The van der Waals surface area contributed by atoms with E-state index in [4.69, 9.17) is 0 Å². The second kappa shape index (κ2) is 6.11. The van der Waals surface area contributed by atoms with Crippen LogP contribution in [-0.2, 0) is 0 Å². The van der Waals surface area contributed by atoms with Gasteiger partial charge in [-0.05, 0) is 47.6 Å². The molecular formula is C19H30. The van der Waals surface area contributed by atoms with Crippen molar-refractivity contribution in [2.24, 2.45) is 5.41 Å². The van der Waals surface area contributed by atoms with E-state index in [2.05, 4.69) is 52.0 Å². The maximum Gasteiger partial charge on any atom is -0.0162 e. The van der Waals surface area contributed by atoms with Crippen LogP contribution in [0.3, 0.4) is 0 Å². The van der Waals surface area contributed by atoms with Crippen molar-refractivity contribution >= 4 is 0 Å². The minimum absolute atomic E-state index is 0.418. The molecule has 1 aliphatic carbocycles. The number of hydrogen-bond donors (Lipinski definition) is 0. The lowest BCUT2D eigenvalue weighted by molar-refractivity contribution is 0.349.